The fourth-order valence-electron chi connectivity index (χ4n) is 3.00. The molecule has 27 heavy (non-hydrogen) atoms. The van der Waals surface area contributed by atoms with Gasteiger partial charge in [0.25, 0.3) is 0 Å². The third-order valence-corrected chi connectivity index (χ3v) is 4.54. The van der Waals surface area contributed by atoms with Crippen LogP contribution in [-0.4, -0.2) is 35.6 Å². The second kappa shape index (κ2) is 17.8. The highest BCUT2D eigenvalue weighted by atomic mass is 16.5. The summed E-state index contributed by atoms with van der Waals surface area (Å²) in [7, 11) is 0. The first-order chi connectivity index (χ1) is 13.0. The van der Waals surface area contributed by atoms with E-state index >= 15 is 0 Å². The Hall–Kier alpha value is -1.59. The molecule has 1 atom stereocenters. The Labute approximate surface area is 164 Å². The van der Waals surface area contributed by atoms with Gasteiger partial charge in [0.05, 0.1) is 13.0 Å². The van der Waals surface area contributed by atoms with E-state index in [1.807, 2.05) is 0 Å². The second-order valence-corrected chi connectivity index (χ2v) is 7.11. The molecule has 0 aliphatic heterocycles. The van der Waals surface area contributed by atoms with Gasteiger partial charge in [-0.25, -0.2) is 4.79 Å². The van der Waals surface area contributed by atoms with Gasteiger partial charge in [0.15, 0.2) is 0 Å². The molecule has 0 aromatic rings. The van der Waals surface area contributed by atoms with Gasteiger partial charge in [0.2, 0.25) is 5.91 Å². The molecule has 6 heteroatoms. The van der Waals surface area contributed by atoms with Crippen LogP contribution < -0.4 is 5.32 Å². The fraction of sp³-hybridized carbons (Fsp3) is 0.857. The molecule has 0 aromatic carbocycles. The lowest BCUT2D eigenvalue weighted by Crippen LogP contribution is -2.43. The van der Waals surface area contributed by atoms with Gasteiger partial charge in [-0.05, 0) is 13.3 Å². The summed E-state index contributed by atoms with van der Waals surface area (Å²) in [6.45, 7) is 4.03. The van der Waals surface area contributed by atoms with Gasteiger partial charge < -0.3 is 15.2 Å². The second-order valence-electron chi connectivity index (χ2n) is 7.11. The van der Waals surface area contributed by atoms with Crippen LogP contribution in [-0.2, 0) is 19.1 Å². The van der Waals surface area contributed by atoms with E-state index in [4.69, 9.17) is 9.84 Å². The van der Waals surface area contributed by atoms with E-state index in [-0.39, 0.29) is 12.5 Å². The topological polar surface area (TPSA) is 92.7 Å². The highest BCUT2D eigenvalue weighted by Gasteiger charge is 2.24. The number of unbranched alkanes of at least 4 members (excludes halogenated alkanes) is 11. The number of amides is 1. The molecule has 0 aliphatic carbocycles. The van der Waals surface area contributed by atoms with Crippen LogP contribution in [0, 0.1) is 0 Å². The molecule has 0 spiro atoms. The van der Waals surface area contributed by atoms with E-state index in [0.29, 0.717) is 6.42 Å². The Balaban J connectivity index is 3.68. The molecule has 0 rings (SSSR count). The Morgan fingerprint density at radius 3 is 1.74 bits per heavy atom. The number of esters is 1. The van der Waals surface area contributed by atoms with Crippen molar-refractivity contribution in [3.63, 3.8) is 0 Å². The van der Waals surface area contributed by atoms with Gasteiger partial charge in [-0.15, -0.1) is 0 Å². The number of carboxylic acid groups (broad SMARTS) is 1. The minimum atomic E-state index is -1.14. The molecule has 0 aromatic heterocycles. The molecule has 0 heterocycles. The molecule has 1 amide bonds. The van der Waals surface area contributed by atoms with Crippen molar-refractivity contribution >= 4 is 17.8 Å². The SMILES string of the molecule is CCCCCCCCCCCCCCC(=O)N[C@@H](CC(=O)O)C(=O)OCC. The van der Waals surface area contributed by atoms with E-state index in [2.05, 4.69) is 12.2 Å². The minimum Gasteiger partial charge on any atom is -0.481 e. The molecule has 0 saturated heterocycles. The Morgan fingerprint density at radius 1 is 0.815 bits per heavy atom. The third kappa shape index (κ3) is 16.3. The summed E-state index contributed by atoms with van der Waals surface area (Å²) in [5.74, 6) is -2.12. The minimum absolute atomic E-state index is 0.156. The molecule has 158 valence electrons. The van der Waals surface area contributed by atoms with Gasteiger partial charge in [-0.3, -0.25) is 9.59 Å². The number of ether oxygens (including phenoxy) is 1. The summed E-state index contributed by atoms with van der Waals surface area (Å²) in [5.41, 5.74) is 0. The molecular weight excluding hydrogens is 346 g/mol. The fourth-order valence-corrected chi connectivity index (χ4v) is 3.00. The predicted molar refractivity (Wildman–Crippen MR) is 107 cm³/mol. The lowest BCUT2D eigenvalue weighted by molar-refractivity contribution is -0.151. The Morgan fingerprint density at radius 2 is 1.30 bits per heavy atom. The maximum atomic E-state index is 11.9. The zero-order valence-corrected chi connectivity index (χ0v) is 17.3. The monoisotopic (exact) mass is 385 g/mol. The highest BCUT2D eigenvalue weighted by molar-refractivity contribution is 5.87. The molecular formula is C21H39NO5. The summed E-state index contributed by atoms with van der Waals surface area (Å²) < 4.78 is 4.81. The average molecular weight is 386 g/mol. The number of carbonyl (C=O) groups is 3. The van der Waals surface area contributed by atoms with Crippen LogP contribution in [0.1, 0.15) is 104 Å². The number of carbonyl (C=O) groups excluding carboxylic acids is 2. The van der Waals surface area contributed by atoms with E-state index < -0.39 is 24.4 Å². The summed E-state index contributed by atoms with van der Waals surface area (Å²) >= 11 is 0. The number of carboxylic acids is 1. The number of hydrogen-bond acceptors (Lipinski definition) is 4. The maximum absolute atomic E-state index is 11.9. The lowest BCUT2D eigenvalue weighted by Gasteiger charge is -2.15. The van der Waals surface area contributed by atoms with Crippen LogP contribution in [0.4, 0.5) is 0 Å². The molecule has 0 radical (unpaired) electrons. The Bertz CT molecular complexity index is 411. The largest absolute Gasteiger partial charge is 0.481 e. The number of rotatable bonds is 18. The molecule has 0 bridgehead atoms. The number of aliphatic carboxylic acids is 1. The maximum Gasteiger partial charge on any atom is 0.329 e. The molecule has 0 fully saturated rings. The first-order valence-electron chi connectivity index (χ1n) is 10.7. The summed E-state index contributed by atoms with van der Waals surface area (Å²) in [6.07, 6.45) is 14.5. The quantitative estimate of drug-likeness (QED) is 0.266. The van der Waals surface area contributed by atoms with E-state index in [0.717, 1.165) is 19.3 Å². The van der Waals surface area contributed by atoms with Crippen LogP contribution >= 0.6 is 0 Å². The zero-order chi connectivity index (χ0) is 20.3. The van der Waals surface area contributed by atoms with Crippen LogP contribution in [0.15, 0.2) is 0 Å². The first-order valence-corrected chi connectivity index (χ1v) is 10.7. The van der Waals surface area contributed by atoms with Crippen molar-refractivity contribution in [3.8, 4) is 0 Å². The predicted octanol–water partition coefficient (Wildman–Crippen LogP) is 4.60. The van der Waals surface area contributed by atoms with Gasteiger partial charge in [0.1, 0.15) is 6.04 Å². The van der Waals surface area contributed by atoms with Gasteiger partial charge in [-0.2, -0.15) is 0 Å². The van der Waals surface area contributed by atoms with Gasteiger partial charge >= 0.3 is 11.9 Å². The van der Waals surface area contributed by atoms with E-state index in [1.54, 1.807) is 6.92 Å². The van der Waals surface area contributed by atoms with Crippen molar-refractivity contribution in [2.45, 2.75) is 110 Å². The number of nitrogens with one attached hydrogen (secondary N) is 1. The summed E-state index contributed by atoms with van der Waals surface area (Å²) in [6, 6.07) is -1.10. The summed E-state index contributed by atoms with van der Waals surface area (Å²) in [5, 5.41) is 11.3. The van der Waals surface area contributed by atoms with Crippen LogP contribution in [0.2, 0.25) is 0 Å². The molecule has 2 N–H and O–H groups in total. The average Bonchev–Trinajstić information content (AvgIpc) is 2.62. The molecule has 0 aliphatic rings. The Kier molecular flexibility index (Phi) is 16.8. The van der Waals surface area contributed by atoms with E-state index in [9.17, 15) is 14.4 Å². The van der Waals surface area contributed by atoms with Crippen molar-refractivity contribution in [2.75, 3.05) is 6.61 Å². The van der Waals surface area contributed by atoms with Crippen LogP contribution in [0.3, 0.4) is 0 Å². The standard InChI is InChI=1S/C21H39NO5/c1-3-5-6-7-8-9-10-11-12-13-14-15-16-19(23)22-18(17-20(24)25)21(26)27-4-2/h18H,3-17H2,1-2H3,(H,22,23)(H,24,25)/t18-/m0/s1. The zero-order valence-electron chi connectivity index (χ0n) is 17.3. The van der Waals surface area contributed by atoms with Gasteiger partial charge in [0, 0.05) is 6.42 Å². The van der Waals surface area contributed by atoms with Crippen LogP contribution in [0.25, 0.3) is 0 Å². The van der Waals surface area contributed by atoms with Crippen LogP contribution in [0.5, 0.6) is 0 Å². The lowest BCUT2D eigenvalue weighted by atomic mass is 10.0. The molecule has 6 nitrogen and oxygen atoms in total. The highest BCUT2D eigenvalue weighted by Crippen LogP contribution is 2.12. The van der Waals surface area contributed by atoms with Crippen molar-refractivity contribution in [2.24, 2.45) is 0 Å². The van der Waals surface area contributed by atoms with Gasteiger partial charge in [-0.1, -0.05) is 77.6 Å². The van der Waals surface area contributed by atoms with Crippen molar-refractivity contribution < 1.29 is 24.2 Å². The first kappa shape index (κ1) is 25.4. The van der Waals surface area contributed by atoms with Crippen molar-refractivity contribution in [3.05, 3.63) is 0 Å². The summed E-state index contributed by atoms with van der Waals surface area (Å²) in [4.78, 5) is 34.4. The molecule has 0 unspecified atom stereocenters. The third-order valence-electron chi connectivity index (χ3n) is 4.54. The molecule has 0 saturated carbocycles. The normalized spacial score (nSPS) is 11.8. The van der Waals surface area contributed by atoms with E-state index in [1.165, 1.54) is 57.8 Å². The smallest absolute Gasteiger partial charge is 0.329 e. The van der Waals surface area contributed by atoms with Crippen molar-refractivity contribution in [1.82, 2.24) is 5.32 Å². The number of hydrogen-bond donors (Lipinski definition) is 2. The van der Waals surface area contributed by atoms with Crippen molar-refractivity contribution in [1.29, 1.82) is 0 Å².